The fourth-order valence-electron chi connectivity index (χ4n) is 4.91. The Hall–Kier alpha value is -4.89. The second-order valence-corrected chi connectivity index (χ2v) is 8.93. The van der Waals surface area contributed by atoms with Crippen molar-refractivity contribution >= 4 is 32.3 Å². The van der Waals surface area contributed by atoms with Gasteiger partial charge in [0.15, 0.2) is 17.5 Å². The van der Waals surface area contributed by atoms with E-state index in [1.165, 1.54) is 26.9 Å². The molecule has 7 rings (SSSR count). The van der Waals surface area contributed by atoms with Gasteiger partial charge in [-0.1, -0.05) is 115 Å². The Balaban J connectivity index is 1.49. The highest BCUT2D eigenvalue weighted by molar-refractivity contribution is 6.15. The van der Waals surface area contributed by atoms with Gasteiger partial charge in [-0.3, -0.25) is 0 Å². The number of fused-ring (bicyclic) bond motifs is 4. The minimum Gasteiger partial charge on any atom is -0.208 e. The number of rotatable bonds is 3. The van der Waals surface area contributed by atoms with Gasteiger partial charge in [0.1, 0.15) is 0 Å². The molecule has 6 aromatic carbocycles. The molecule has 3 nitrogen and oxygen atoms in total. The molecule has 1 aromatic heterocycles. The average molecular weight is 460 g/mol. The maximum atomic E-state index is 4.96. The Kier molecular flexibility index (Phi) is 4.78. The van der Waals surface area contributed by atoms with E-state index in [2.05, 4.69) is 66.7 Å². The van der Waals surface area contributed by atoms with E-state index in [4.69, 9.17) is 15.0 Å². The van der Waals surface area contributed by atoms with Gasteiger partial charge in [0.2, 0.25) is 0 Å². The molecule has 0 fully saturated rings. The molecule has 0 aliphatic rings. The lowest BCUT2D eigenvalue weighted by Gasteiger charge is -2.12. The third-order valence-electron chi connectivity index (χ3n) is 6.68. The summed E-state index contributed by atoms with van der Waals surface area (Å²) in [7, 11) is 0. The van der Waals surface area contributed by atoms with Gasteiger partial charge in [-0.25, -0.2) is 15.0 Å². The fraction of sp³-hybridized carbons (Fsp3) is 0. The van der Waals surface area contributed by atoms with Crippen LogP contribution >= 0.6 is 0 Å². The second-order valence-electron chi connectivity index (χ2n) is 8.93. The molecule has 3 heteroatoms. The van der Waals surface area contributed by atoms with Crippen LogP contribution < -0.4 is 0 Å². The molecular formula is C33H21N3. The molecule has 0 amide bonds. The Labute approximate surface area is 208 Å². The highest BCUT2D eigenvalue weighted by Gasteiger charge is 2.15. The molecule has 0 aliphatic carbocycles. The molecule has 36 heavy (non-hydrogen) atoms. The quantitative estimate of drug-likeness (QED) is 0.197. The molecule has 168 valence electrons. The van der Waals surface area contributed by atoms with Crippen LogP contribution in [0.5, 0.6) is 0 Å². The van der Waals surface area contributed by atoms with E-state index in [0.717, 1.165) is 22.1 Å². The Morgan fingerprint density at radius 1 is 0.333 bits per heavy atom. The first-order valence-corrected chi connectivity index (χ1v) is 12.0. The van der Waals surface area contributed by atoms with Crippen LogP contribution in [0.4, 0.5) is 0 Å². The van der Waals surface area contributed by atoms with Crippen LogP contribution in [0, 0.1) is 0 Å². The molecular weight excluding hydrogens is 438 g/mol. The maximum Gasteiger partial charge on any atom is 0.164 e. The molecule has 0 atom stereocenters. The number of hydrogen-bond acceptors (Lipinski definition) is 3. The molecule has 0 saturated heterocycles. The molecule has 0 unspecified atom stereocenters. The number of benzene rings is 6. The van der Waals surface area contributed by atoms with Crippen LogP contribution in [-0.2, 0) is 0 Å². The summed E-state index contributed by atoms with van der Waals surface area (Å²) < 4.78 is 0. The zero-order chi connectivity index (χ0) is 23.9. The van der Waals surface area contributed by atoms with Crippen LogP contribution in [0.3, 0.4) is 0 Å². The zero-order valence-corrected chi connectivity index (χ0v) is 19.5. The van der Waals surface area contributed by atoms with E-state index in [1.807, 2.05) is 60.7 Å². The number of aromatic nitrogens is 3. The van der Waals surface area contributed by atoms with Gasteiger partial charge in [-0.15, -0.1) is 0 Å². The van der Waals surface area contributed by atoms with Crippen molar-refractivity contribution in [3.8, 4) is 34.2 Å². The van der Waals surface area contributed by atoms with Gasteiger partial charge < -0.3 is 0 Å². The van der Waals surface area contributed by atoms with Crippen LogP contribution in [0.25, 0.3) is 66.5 Å². The first-order chi connectivity index (χ1) is 17.8. The minimum absolute atomic E-state index is 0.670. The first kappa shape index (κ1) is 20.5. The Bertz CT molecular complexity index is 1820. The summed E-state index contributed by atoms with van der Waals surface area (Å²) >= 11 is 0. The summed E-state index contributed by atoms with van der Waals surface area (Å²) in [5.74, 6) is 2.01. The van der Waals surface area contributed by atoms with Crippen molar-refractivity contribution in [1.82, 2.24) is 15.0 Å². The van der Waals surface area contributed by atoms with Crippen LogP contribution in [-0.4, -0.2) is 15.0 Å². The fourth-order valence-corrected chi connectivity index (χ4v) is 4.91. The first-order valence-electron chi connectivity index (χ1n) is 12.0. The van der Waals surface area contributed by atoms with Gasteiger partial charge in [0.25, 0.3) is 0 Å². The van der Waals surface area contributed by atoms with Crippen molar-refractivity contribution in [2.24, 2.45) is 0 Å². The average Bonchev–Trinajstić information content (AvgIpc) is 2.96. The summed E-state index contributed by atoms with van der Waals surface area (Å²) in [5, 5.41) is 7.26. The molecule has 0 radical (unpaired) electrons. The van der Waals surface area contributed by atoms with Gasteiger partial charge in [0, 0.05) is 16.7 Å². The summed E-state index contributed by atoms with van der Waals surface area (Å²) in [5.41, 5.74) is 2.94. The molecule has 0 bridgehead atoms. The largest absolute Gasteiger partial charge is 0.208 e. The lowest BCUT2D eigenvalue weighted by molar-refractivity contribution is 1.08. The minimum atomic E-state index is 0.670. The van der Waals surface area contributed by atoms with E-state index < -0.39 is 0 Å². The van der Waals surface area contributed by atoms with Crippen molar-refractivity contribution < 1.29 is 0 Å². The zero-order valence-electron chi connectivity index (χ0n) is 19.5. The van der Waals surface area contributed by atoms with E-state index in [-0.39, 0.29) is 0 Å². The topological polar surface area (TPSA) is 38.7 Å². The second kappa shape index (κ2) is 8.40. The number of nitrogens with zero attached hydrogens (tertiary/aromatic N) is 3. The lowest BCUT2D eigenvalue weighted by atomic mass is 9.95. The normalized spacial score (nSPS) is 11.3. The maximum absolute atomic E-state index is 4.96. The molecule has 0 aliphatic heterocycles. The van der Waals surface area contributed by atoms with Crippen LogP contribution in [0.1, 0.15) is 0 Å². The van der Waals surface area contributed by atoms with E-state index in [1.54, 1.807) is 0 Å². The summed E-state index contributed by atoms with van der Waals surface area (Å²) in [6, 6.07) is 44.0. The Morgan fingerprint density at radius 3 is 1.58 bits per heavy atom. The predicted molar refractivity (Wildman–Crippen MR) is 149 cm³/mol. The van der Waals surface area contributed by atoms with Crippen LogP contribution in [0.15, 0.2) is 127 Å². The molecule has 1 heterocycles. The third kappa shape index (κ3) is 3.50. The standard InChI is InChI=1S/C33H21N3/c1-3-10-22(11-4-1)31-34-32(23-12-5-2-6-13-23)36-33(35-31)29-17-9-16-27-28(29)19-18-26-20-24-14-7-8-15-25(24)21-30(26)27/h1-21H. The molecule has 0 spiro atoms. The van der Waals surface area contributed by atoms with Gasteiger partial charge >= 0.3 is 0 Å². The van der Waals surface area contributed by atoms with Crippen molar-refractivity contribution in [1.29, 1.82) is 0 Å². The lowest BCUT2D eigenvalue weighted by Crippen LogP contribution is -2.00. The van der Waals surface area contributed by atoms with Crippen molar-refractivity contribution in [3.63, 3.8) is 0 Å². The highest BCUT2D eigenvalue weighted by atomic mass is 15.0. The smallest absolute Gasteiger partial charge is 0.164 e. The van der Waals surface area contributed by atoms with E-state index in [9.17, 15) is 0 Å². The monoisotopic (exact) mass is 459 g/mol. The molecule has 0 saturated carbocycles. The highest BCUT2D eigenvalue weighted by Crippen LogP contribution is 2.35. The number of hydrogen-bond donors (Lipinski definition) is 0. The van der Waals surface area contributed by atoms with Gasteiger partial charge in [-0.05, 0) is 44.5 Å². The SMILES string of the molecule is c1ccc(-c2nc(-c3ccccc3)nc(-c3cccc4c3ccc3cc5ccccc5cc34)n2)cc1. The third-order valence-corrected chi connectivity index (χ3v) is 6.68. The molecule has 0 N–H and O–H groups in total. The van der Waals surface area contributed by atoms with Gasteiger partial charge in [0.05, 0.1) is 0 Å². The van der Waals surface area contributed by atoms with Crippen molar-refractivity contribution in [3.05, 3.63) is 127 Å². The van der Waals surface area contributed by atoms with Crippen molar-refractivity contribution in [2.75, 3.05) is 0 Å². The van der Waals surface area contributed by atoms with Crippen molar-refractivity contribution in [2.45, 2.75) is 0 Å². The van der Waals surface area contributed by atoms with E-state index in [0.29, 0.717) is 17.5 Å². The molecule has 7 aromatic rings. The van der Waals surface area contributed by atoms with Crippen LogP contribution in [0.2, 0.25) is 0 Å². The predicted octanol–water partition coefficient (Wildman–Crippen LogP) is 8.33. The van der Waals surface area contributed by atoms with Gasteiger partial charge in [-0.2, -0.15) is 0 Å². The summed E-state index contributed by atoms with van der Waals surface area (Å²) in [6.45, 7) is 0. The Morgan fingerprint density at radius 2 is 0.917 bits per heavy atom. The summed E-state index contributed by atoms with van der Waals surface area (Å²) in [4.78, 5) is 14.8. The van der Waals surface area contributed by atoms with E-state index >= 15 is 0 Å². The summed E-state index contributed by atoms with van der Waals surface area (Å²) in [6.07, 6.45) is 0.